The van der Waals surface area contributed by atoms with Crippen LogP contribution in [0.4, 0.5) is 5.69 Å². The van der Waals surface area contributed by atoms with E-state index in [9.17, 15) is 4.79 Å². The number of Topliss-reactive ketones (excluding diaryl/α,β-unsaturated/α-hetero) is 1. The Bertz CT molecular complexity index is 779. The number of methoxy groups -OCH3 is 1. The topological polar surface area (TPSA) is 131 Å². The summed E-state index contributed by atoms with van der Waals surface area (Å²) < 4.78 is 32.3. The molecular weight excluding hydrogens is 396 g/mol. The summed E-state index contributed by atoms with van der Waals surface area (Å²) in [4.78, 5) is 10.8. The van der Waals surface area contributed by atoms with Gasteiger partial charge < -0.3 is 25.7 Å². The Morgan fingerprint density at radius 2 is 1.62 bits per heavy atom. The smallest absolute Gasteiger partial charge is 0.335 e. The summed E-state index contributed by atoms with van der Waals surface area (Å²) >= 11 is -0.750. The van der Waals surface area contributed by atoms with Gasteiger partial charge in [0, 0.05) is 13.0 Å². The molecule has 0 aromatic heterocycles. The summed E-state index contributed by atoms with van der Waals surface area (Å²) in [5.74, 6) is 2.31. The molecule has 4 N–H and O–H groups in total. The number of anilines is 1. The molecule has 29 heavy (non-hydrogen) atoms. The van der Waals surface area contributed by atoms with Gasteiger partial charge in [-0.25, -0.2) is 0 Å². The molecule has 0 heterocycles. The fourth-order valence-corrected chi connectivity index (χ4v) is 2.19. The Morgan fingerprint density at radius 3 is 2.07 bits per heavy atom. The molecule has 9 heteroatoms. The molecule has 0 saturated carbocycles. The second kappa shape index (κ2) is 16.1. The quantitative estimate of drug-likeness (QED) is 0.616. The SMILES string of the molecule is CCOc1ccccc1OCCN.COc1ccc(CC(C)=O)cc1N.O=S=O. The third kappa shape index (κ3) is 11.5. The summed E-state index contributed by atoms with van der Waals surface area (Å²) in [6, 6.07) is 13.0. The van der Waals surface area contributed by atoms with Gasteiger partial charge in [0.05, 0.1) is 19.4 Å². The second-order valence-corrected chi connectivity index (χ2v) is 5.68. The number of benzene rings is 2. The van der Waals surface area contributed by atoms with Crippen LogP contribution in [0.2, 0.25) is 0 Å². The van der Waals surface area contributed by atoms with Crippen LogP contribution in [0.5, 0.6) is 17.2 Å². The highest BCUT2D eigenvalue weighted by Gasteiger charge is 2.02. The largest absolute Gasteiger partial charge is 0.495 e. The van der Waals surface area contributed by atoms with Gasteiger partial charge in [-0.2, -0.15) is 8.42 Å². The lowest BCUT2D eigenvalue weighted by Crippen LogP contribution is -2.11. The van der Waals surface area contributed by atoms with Gasteiger partial charge in [0.2, 0.25) is 0 Å². The first kappa shape index (κ1) is 26.1. The Balaban J connectivity index is 0.000000477. The number of nitrogen functional groups attached to an aromatic ring is 1. The zero-order chi connectivity index (χ0) is 22.1. The van der Waals surface area contributed by atoms with Crippen molar-refractivity contribution in [2.45, 2.75) is 20.3 Å². The Kier molecular flexibility index (Phi) is 14.5. The summed E-state index contributed by atoms with van der Waals surface area (Å²) in [5.41, 5.74) is 12.5. The summed E-state index contributed by atoms with van der Waals surface area (Å²) in [7, 11) is 1.57. The number of ketones is 1. The Labute approximate surface area is 174 Å². The van der Waals surface area contributed by atoms with Gasteiger partial charge in [-0.05, 0) is 43.7 Å². The first-order valence-electron chi connectivity index (χ1n) is 8.81. The van der Waals surface area contributed by atoms with E-state index in [4.69, 9.17) is 34.1 Å². The van der Waals surface area contributed by atoms with Gasteiger partial charge in [0.1, 0.15) is 18.1 Å². The van der Waals surface area contributed by atoms with Crippen molar-refractivity contribution in [1.29, 1.82) is 0 Å². The predicted molar refractivity (Wildman–Crippen MR) is 113 cm³/mol. The van der Waals surface area contributed by atoms with Crippen LogP contribution in [0.15, 0.2) is 42.5 Å². The fraction of sp³-hybridized carbons (Fsp3) is 0.350. The average Bonchev–Trinajstić information content (AvgIpc) is 2.68. The van der Waals surface area contributed by atoms with E-state index in [0.29, 0.717) is 37.6 Å². The average molecular weight is 425 g/mol. The van der Waals surface area contributed by atoms with Gasteiger partial charge in [-0.1, -0.05) is 18.2 Å². The van der Waals surface area contributed by atoms with Crippen molar-refractivity contribution in [3.05, 3.63) is 48.0 Å². The van der Waals surface area contributed by atoms with E-state index in [1.807, 2.05) is 37.3 Å². The molecule has 8 nitrogen and oxygen atoms in total. The molecule has 2 rings (SSSR count). The maximum Gasteiger partial charge on any atom is 0.335 e. The molecular formula is C20H28N2O6S. The summed E-state index contributed by atoms with van der Waals surface area (Å²) in [5, 5.41) is 0. The van der Waals surface area contributed by atoms with Crippen LogP contribution >= 0.6 is 0 Å². The van der Waals surface area contributed by atoms with Crippen LogP contribution < -0.4 is 25.7 Å². The third-order valence-corrected chi connectivity index (χ3v) is 3.27. The summed E-state index contributed by atoms with van der Waals surface area (Å²) in [6.45, 7) is 5.17. The first-order chi connectivity index (χ1) is 13.9. The molecule has 0 aliphatic carbocycles. The van der Waals surface area contributed by atoms with Gasteiger partial charge in [-0.3, -0.25) is 4.79 Å². The predicted octanol–water partition coefficient (Wildman–Crippen LogP) is 2.16. The van der Waals surface area contributed by atoms with Crippen LogP contribution in [-0.4, -0.2) is 41.1 Å². The van der Waals surface area contributed by atoms with Gasteiger partial charge >= 0.3 is 11.6 Å². The molecule has 0 spiro atoms. The Hall–Kier alpha value is -2.91. The highest BCUT2D eigenvalue weighted by Crippen LogP contribution is 2.26. The number of carbonyl (C=O) groups excluding carboxylic acids is 1. The van der Waals surface area contributed by atoms with Crippen molar-refractivity contribution >= 4 is 23.0 Å². The highest BCUT2D eigenvalue weighted by molar-refractivity contribution is 7.51. The number of rotatable bonds is 8. The number of carbonyl (C=O) groups is 1. The minimum Gasteiger partial charge on any atom is -0.495 e. The van der Waals surface area contributed by atoms with E-state index in [-0.39, 0.29) is 5.78 Å². The molecule has 0 amide bonds. The van der Waals surface area contributed by atoms with E-state index in [0.717, 1.165) is 17.1 Å². The fourth-order valence-electron chi connectivity index (χ4n) is 2.19. The van der Waals surface area contributed by atoms with Crippen molar-refractivity contribution in [3.63, 3.8) is 0 Å². The lowest BCUT2D eigenvalue weighted by atomic mass is 10.1. The van der Waals surface area contributed by atoms with E-state index < -0.39 is 11.6 Å². The molecule has 2 aromatic rings. The summed E-state index contributed by atoms with van der Waals surface area (Å²) in [6.07, 6.45) is 0.425. The van der Waals surface area contributed by atoms with Gasteiger partial charge in [-0.15, -0.1) is 0 Å². The van der Waals surface area contributed by atoms with Crippen molar-refractivity contribution in [2.75, 3.05) is 32.6 Å². The zero-order valence-electron chi connectivity index (χ0n) is 16.9. The van der Waals surface area contributed by atoms with E-state index in [2.05, 4.69) is 0 Å². The number of para-hydroxylation sites is 2. The minimum atomic E-state index is -0.750. The van der Waals surface area contributed by atoms with Crippen LogP contribution in [0.3, 0.4) is 0 Å². The van der Waals surface area contributed by atoms with Crippen molar-refractivity contribution in [1.82, 2.24) is 0 Å². The monoisotopic (exact) mass is 424 g/mol. The van der Waals surface area contributed by atoms with Crippen LogP contribution in [0, 0.1) is 0 Å². The lowest BCUT2D eigenvalue weighted by Gasteiger charge is -2.10. The number of hydrogen-bond acceptors (Lipinski definition) is 8. The molecule has 2 aromatic carbocycles. The van der Waals surface area contributed by atoms with Crippen molar-refractivity contribution in [3.8, 4) is 17.2 Å². The van der Waals surface area contributed by atoms with E-state index in [1.54, 1.807) is 26.2 Å². The van der Waals surface area contributed by atoms with Crippen molar-refractivity contribution < 1.29 is 27.4 Å². The molecule has 0 atom stereocenters. The van der Waals surface area contributed by atoms with Crippen LogP contribution in [0.25, 0.3) is 0 Å². The molecule has 0 fully saturated rings. The number of nitrogens with two attached hydrogens (primary N) is 2. The first-order valence-corrected chi connectivity index (χ1v) is 9.48. The molecule has 0 bridgehead atoms. The van der Waals surface area contributed by atoms with Crippen LogP contribution in [-0.2, 0) is 22.8 Å². The van der Waals surface area contributed by atoms with E-state index >= 15 is 0 Å². The molecule has 160 valence electrons. The number of ether oxygens (including phenoxy) is 3. The van der Waals surface area contributed by atoms with Gasteiger partial charge in [0.15, 0.2) is 11.5 Å². The molecule has 0 aliphatic heterocycles. The highest BCUT2D eigenvalue weighted by atomic mass is 32.1. The third-order valence-electron chi connectivity index (χ3n) is 3.27. The minimum absolute atomic E-state index is 0.129. The maximum atomic E-state index is 10.8. The second-order valence-electron chi connectivity index (χ2n) is 5.54. The molecule has 0 aliphatic rings. The maximum absolute atomic E-state index is 10.8. The normalized spacial score (nSPS) is 9.10. The van der Waals surface area contributed by atoms with Crippen LogP contribution in [0.1, 0.15) is 19.4 Å². The zero-order valence-corrected chi connectivity index (χ0v) is 17.7. The van der Waals surface area contributed by atoms with Gasteiger partial charge in [0.25, 0.3) is 0 Å². The Morgan fingerprint density at radius 1 is 1.03 bits per heavy atom. The lowest BCUT2D eigenvalue weighted by molar-refractivity contribution is -0.116. The number of hydrogen-bond donors (Lipinski definition) is 2. The standard InChI is InChI=1S/C10H13NO2.C10H15NO2.O2S/c1-7(12)5-8-3-4-10(13-2)9(11)6-8;1-2-12-9-5-3-4-6-10(9)13-8-7-11;1-3-2/h3-4,6H,5,11H2,1-2H3;3-6H,2,7-8,11H2,1H3;. The molecule has 0 unspecified atom stereocenters. The van der Waals surface area contributed by atoms with E-state index in [1.165, 1.54) is 0 Å². The van der Waals surface area contributed by atoms with Crippen molar-refractivity contribution in [2.24, 2.45) is 5.73 Å². The molecule has 0 radical (unpaired) electrons. The molecule has 0 saturated heterocycles.